The van der Waals surface area contributed by atoms with Crippen molar-refractivity contribution in [1.29, 1.82) is 0 Å². The van der Waals surface area contributed by atoms with E-state index in [1.807, 2.05) is 0 Å². The van der Waals surface area contributed by atoms with Crippen LogP contribution in [-0.4, -0.2) is 24.5 Å². The van der Waals surface area contributed by atoms with E-state index in [-0.39, 0.29) is 0 Å². The van der Waals surface area contributed by atoms with Crippen molar-refractivity contribution >= 4 is 18.5 Å². The van der Waals surface area contributed by atoms with Crippen LogP contribution in [0.25, 0.3) is 0 Å². The lowest BCUT2D eigenvalue weighted by molar-refractivity contribution is -0.121. The maximum absolute atomic E-state index is 10.8. The number of hydrogen-bond donors (Lipinski definition) is 1. The summed E-state index contributed by atoms with van der Waals surface area (Å²) in [5.41, 5.74) is -1.01. The Morgan fingerprint density at radius 3 is 2.46 bits per heavy atom. The van der Waals surface area contributed by atoms with Crippen molar-refractivity contribution in [1.82, 2.24) is 5.32 Å². The highest BCUT2D eigenvalue weighted by atomic mass is 16.2. The minimum absolute atomic E-state index is 0.486. The van der Waals surface area contributed by atoms with Crippen LogP contribution in [0.1, 0.15) is 13.8 Å². The van der Waals surface area contributed by atoms with Gasteiger partial charge in [0.05, 0.1) is 11.5 Å². The Bertz CT molecular complexity index is 233. The average Bonchev–Trinajstić information content (AvgIpc) is 2.13. The fraction of sp³-hybridized carbons (Fsp3) is 0.444. The quantitative estimate of drug-likeness (QED) is 0.480. The van der Waals surface area contributed by atoms with E-state index in [2.05, 4.69) is 11.9 Å². The van der Waals surface area contributed by atoms with E-state index < -0.39 is 17.4 Å². The monoisotopic (exact) mass is 182 g/mol. The number of hydrogen-bond acceptors (Lipinski definition) is 3. The van der Waals surface area contributed by atoms with Gasteiger partial charge in [-0.1, -0.05) is 20.4 Å². The predicted octanol–water partition coefficient (Wildman–Crippen LogP) is -0.00800. The molecule has 0 aromatic carbocycles. The molecule has 0 bridgehead atoms. The van der Waals surface area contributed by atoms with Crippen LogP contribution in [0.2, 0.25) is 0 Å². The van der Waals surface area contributed by atoms with Crippen molar-refractivity contribution in [2.45, 2.75) is 19.9 Å². The minimum Gasteiger partial charge on any atom is -0.342 e. The molecule has 1 N–H and O–H groups in total. The fourth-order valence-electron chi connectivity index (χ4n) is 0.660. The molecule has 0 aliphatic rings. The predicted molar refractivity (Wildman–Crippen MR) is 47.7 cm³/mol. The summed E-state index contributed by atoms with van der Waals surface area (Å²) in [5, 5.41) is 2.32. The first kappa shape index (κ1) is 11.6. The first-order chi connectivity index (χ1) is 5.97. The van der Waals surface area contributed by atoms with Crippen LogP contribution in [-0.2, 0) is 14.4 Å². The van der Waals surface area contributed by atoms with Crippen LogP contribution in [0.5, 0.6) is 0 Å². The van der Waals surface area contributed by atoms with E-state index in [4.69, 9.17) is 0 Å². The highest BCUT2D eigenvalue weighted by Gasteiger charge is 2.30. The Labute approximate surface area is 77.0 Å². The molecule has 0 aromatic heterocycles. The molecule has 13 heavy (non-hydrogen) atoms. The zero-order valence-electron chi connectivity index (χ0n) is 7.66. The van der Waals surface area contributed by atoms with Crippen LogP contribution in [0.15, 0.2) is 12.7 Å². The van der Waals surface area contributed by atoms with Crippen molar-refractivity contribution in [2.75, 3.05) is 0 Å². The lowest BCUT2D eigenvalue weighted by Gasteiger charge is -2.23. The summed E-state index contributed by atoms with van der Waals surface area (Å²) in [6, 6.07) is -0.865. The molecule has 0 rings (SSSR count). The number of amides is 1. The third kappa shape index (κ3) is 3.19. The number of rotatable bonds is 5. The number of carbonyl (C=O) groups excluding carboxylic acids is 3. The lowest BCUT2D eigenvalue weighted by Crippen LogP contribution is -2.46. The summed E-state index contributed by atoms with van der Waals surface area (Å²) in [6.07, 6.45) is 3.24. The van der Waals surface area contributed by atoms with Crippen LogP contribution >= 0.6 is 0 Å². The van der Waals surface area contributed by atoms with Crippen LogP contribution < -0.4 is 5.32 Å². The summed E-state index contributed by atoms with van der Waals surface area (Å²) in [5.74, 6) is -0.486. The van der Waals surface area contributed by atoms with Gasteiger partial charge in [-0.2, -0.15) is 0 Å². The normalized spacial score (nSPS) is 12.8. The molecule has 4 nitrogen and oxygen atoms in total. The molecule has 0 aliphatic carbocycles. The van der Waals surface area contributed by atoms with E-state index in [0.717, 1.165) is 6.08 Å². The summed E-state index contributed by atoms with van der Waals surface area (Å²) >= 11 is 0. The number of aldehydes is 1. The molecule has 1 amide bonds. The van der Waals surface area contributed by atoms with Crippen molar-refractivity contribution in [3.63, 3.8) is 0 Å². The van der Waals surface area contributed by atoms with E-state index in [0.29, 0.717) is 6.29 Å². The van der Waals surface area contributed by atoms with Gasteiger partial charge in [-0.05, 0) is 6.08 Å². The molecular formula is C9H12NO3. The Morgan fingerprint density at radius 1 is 1.62 bits per heavy atom. The Morgan fingerprint density at radius 2 is 2.15 bits per heavy atom. The van der Waals surface area contributed by atoms with Crippen molar-refractivity contribution in [3.05, 3.63) is 12.7 Å². The van der Waals surface area contributed by atoms with Gasteiger partial charge in [0, 0.05) is 0 Å². The van der Waals surface area contributed by atoms with Crippen molar-refractivity contribution in [3.8, 4) is 0 Å². The maximum atomic E-state index is 10.8. The first-order valence-electron chi connectivity index (χ1n) is 3.75. The summed E-state index contributed by atoms with van der Waals surface area (Å²) in [4.78, 5) is 31.8. The fourth-order valence-corrected chi connectivity index (χ4v) is 0.660. The second-order valence-corrected chi connectivity index (χ2v) is 3.15. The smallest absolute Gasteiger partial charge is 0.243 e. The van der Waals surface area contributed by atoms with Gasteiger partial charge in [0.15, 0.2) is 0 Å². The van der Waals surface area contributed by atoms with E-state index in [9.17, 15) is 14.4 Å². The second kappa shape index (κ2) is 4.54. The molecule has 1 atom stereocenters. The number of carbonyl (C=O) groups is 2. The standard InChI is InChI=1S/C9H12NO3/c1-4-8(13)10-7(5-11)9(2,3)6-12/h4-5,7H,1H2,2-3H3,(H,10,13). The molecule has 71 valence electrons. The average molecular weight is 182 g/mol. The van der Waals surface area contributed by atoms with E-state index in [1.165, 1.54) is 13.8 Å². The third-order valence-corrected chi connectivity index (χ3v) is 1.66. The summed E-state index contributed by atoms with van der Waals surface area (Å²) in [7, 11) is 0. The van der Waals surface area contributed by atoms with E-state index in [1.54, 1.807) is 6.29 Å². The van der Waals surface area contributed by atoms with Gasteiger partial charge in [0.1, 0.15) is 6.29 Å². The zero-order valence-corrected chi connectivity index (χ0v) is 7.66. The molecular weight excluding hydrogens is 170 g/mol. The molecule has 0 aliphatic heterocycles. The highest BCUT2D eigenvalue weighted by molar-refractivity contribution is 5.90. The molecule has 0 fully saturated rings. The largest absolute Gasteiger partial charge is 0.342 e. The molecule has 4 heteroatoms. The van der Waals surface area contributed by atoms with Crippen LogP contribution in [0.4, 0.5) is 0 Å². The van der Waals surface area contributed by atoms with Gasteiger partial charge < -0.3 is 10.1 Å². The molecule has 1 unspecified atom stereocenters. The highest BCUT2D eigenvalue weighted by Crippen LogP contribution is 2.15. The van der Waals surface area contributed by atoms with Crippen LogP contribution in [0.3, 0.4) is 0 Å². The molecule has 0 aromatic rings. The van der Waals surface area contributed by atoms with Gasteiger partial charge in [-0.25, -0.2) is 0 Å². The lowest BCUT2D eigenvalue weighted by atomic mass is 9.87. The molecule has 0 heterocycles. The SMILES string of the molecule is C=CC(=O)NC(C=O)C(C)(C)[C]=O. The Balaban J connectivity index is 4.51. The van der Waals surface area contributed by atoms with E-state index >= 15 is 0 Å². The first-order valence-corrected chi connectivity index (χ1v) is 3.75. The Kier molecular flexibility index (Phi) is 4.04. The van der Waals surface area contributed by atoms with Gasteiger partial charge in [0.25, 0.3) is 0 Å². The topological polar surface area (TPSA) is 63.2 Å². The second-order valence-electron chi connectivity index (χ2n) is 3.15. The molecule has 0 saturated carbocycles. The van der Waals surface area contributed by atoms with Crippen molar-refractivity contribution < 1.29 is 14.4 Å². The van der Waals surface area contributed by atoms with Crippen molar-refractivity contribution in [2.24, 2.45) is 5.41 Å². The van der Waals surface area contributed by atoms with Gasteiger partial charge >= 0.3 is 0 Å². The molecule has 0 saturated heterocycles. The summed E-state index contributed by atoms with van der Waals surface area (Å²) in [6.45, 7) is 6.26. The Hall–Kier alpha value is -1.45. The zero-order chi connectivity index (χ0) is 10.5. The maximum Gasteiger partial charge on any atom is 0.243 e. The van der Waals surface area contributed by atoms with Gasteiger partial charge in [-0.3, -0.25) is 9.59 Å². The van der Waals surface area contributed by atoms with Crippen LogP contribution in [0, 0.1) is 5.41 Å². The third-order valence-electron chi connectivity index (χ3n) is 1.66. The minimum atomic E-state index is -1.01. The van der Waals surface area contributed by atoms with Gasteiger partial charge in [-0.15, -0.1) is 0 Å². The summed E-state index contributed by atoms with van der Waals surface area (Å²) < 4.78 is 0. The number of nitrogens with one attached hydrogen (secondary N) is 1. The van der Waals surface area contributed by atoms with Gasteiger partial charge in [0.2, 0.25) is 12.2 Å². The molecule has 0 spiro atoms. The molecule has 1 radical (unpaired) electrons.